The maximum absolute atomic E-state index is 10.9. The lowest BCUT2D eigenvalue weighted by Crippen LogP contribution is -2.05. The number of hydrogen-bond donors (Lipinski definition) is 1. The van der Waals surface area contributed by atoms with Gasteiger partial charge in [0.2, 0.25) is 0 Å². The molecule has 0 unspecified atom stereocenters. The molecule has 7 heteroatoms. The van der Waals surface area contributed by atoms with Crippen LogP contribution in [0.15, 0.2) is 30.3 Å². The molecule has 0 fully saturated rings. The number of carbonyl (C=O) groups is 1. The number of benzene rings is 1. The van der Waals surface area contributed by atoms with E-state index in [-0.39, 0.29) is 22.8 Å². The maximum atomic E-state index is 10.9. The lowest BCUT2D eigenvalue weighted by Gasteiger charge is -2.04. The van der Waals surface area contributed by atoms with Crippen LogP contribution in [0.4, 0.5) is 5.69 Å². The number of rotatable bonds is 3. The minimum atomic E-state index is -1.20. The second-order valence-corrected chi connectivity index (χ2v) is 3.80. The summed E-state index contributed by atoms with van der Waals surface area (Å²) in [5, 5.41) is 19.9. The summed E-state index contributed by atoms with van der Waals surface area (Å²) in [5.74, 6) is -1.17. The van der Waals surface area contributed by atoms with Crippen molar-refractivity contribution < 1.29 is 14.8 Å². The predicted molar refractivity (Wildman–Crippen MR) is 65.8 cm³/mol. The molecule has 1 heterocycles. The molecule has 19 heavy (non-hydrogen) atoms. The van der Waals surface area contributed by atoms with E-state index in [1.54, 1.807) is 13.0 Å². The topological polar surface area (TPSA) is 106 Å². The van der Waals surface area contributed by atoms with Gasteiger partial charge in [0.25, 0.3) is 5.69 Å². The number of aromatic nitrogens is 2. The van der Waals surface area contributed by atoms with Crippen LogP contribution < -0.4 is 0 Å². The average Bonchev–Trinajstić information content (AvgIpc) is 2.37. The summed E-state index contributed by atoms with van der Waals surface area (Å²) < 4.78 is 0. The summed E-state index contributed by atoms with van der Waals surface area (Å²) in [6.45, 7) is 1.60. The van der Waals surface area contributed by atoms with E-state index >= 15 is 0 Å². The van der Waals surface area contributed by atoms with E-state index in [4.69, 9.17) is 5.11 Å². The van der Waals surface area contributed by atoms with E-state index in [0.717, 1.165) is 0 Å². The number of hydrogen-bond acceptors (Lipinski definition) is 5. The quantitative estimate of drug-likeness (QED) is 0.667. The van der Waals surface area contributed by atoms with Crippen LogP contribution in [0.3, 0.4) is 0 Å². The highest BCUT2D eigenvalue weighted by Crippen LogP contribution is 2.26. The fourth-order valence-corrected chi connectivity index (χ4v) is 1.62. The Morgan fingerprint density at radius 2 is 2.00 bits per heavy atom. The monoisotopic (exact) mass is 259 g/mol. The van der Waals surface area contributed by atoms with E-state index in [2.05, 4.69) is 9.97 Å². The molecule has 0 aliphatic carbocycles. The van der Waals surface area contributed by atoms with Gasteiger partial charge in [-0.2, -0.15) is 0 Å². The molecule has 0 aliphatic rings. The number of para-hydroxylation sites is 1. The summed E-state index contributed by atoms with van der Waals surface area (Å²) in [4.78, 5) is 29.2. The molecule has 0 saturated heterocycles. The zero-order valence-electron chi connectivity index (χ0n) is 9.90. The molecule has 1 aromatic carbocycles. The van der Waals surface area contributed by atoms with Crippen LogP contribution in [0, 0.1) is 17.0 Å². The Labute approximate surface area is 107 Å². The standard InChI is InChI=1S/C12H9N3O4/c1-7-6-9(12(16)17)14-11(13-7)8-4-2-3-5-10(8)15(18)19/h2-6H,1H3,(H,16,17). The Hall–Kier alpha value is -2.83. The highest BCUT2D eigenvalue weighted by molar-refractivity contribution is 5.86. The van der Waals surface area contributed by atoms with E-state index in [9.17, 15) is 14.9 Å². The molecular formula is C12H9N3O4. The van der Waals surface area contributed by atoms with E-state index in [1.165, 1.54) is 24.3 Å². The highest BCUT2D eigenvalue weighted by atomic mass is 16.6. The van der Waals surface area contributed by atoms with Gasteiger partial charge in [-0.15, -0.1) is 0 Å². The van der Waals surface area contributed by atoms with E-state index in [0.29, 0.717) is 5.69 Å². The van der Waals surface area contributed by atoms with Crippen LogP contribution >= 0.6 is 0 Å². The van der Waals surface area contributed by atoms with Gasteiger partial charge >= 0.3 is 5.97 Å². The molecule has 2 aromatic rings. The first-order valence-electron chi connectivity index (χ1n) is 5.32. The van der Waals surface area contributed by atoms with Crippen molar-refractivity contribution in [3.63, 3.8) is 0 Å². The largest absolute Gasteiger partial charge is 0.477 e. The van der Waals surface area contributed by atoms with Gasteiger partial charge in [-0.25, -0.2) is 14.8 Å². The summed E-state index contributed by atoms with van der Waals surface area (Å²) in [6, 6.07) is 7.24. The van der Waals surface area contributed by atoms with Crippen molar-refractivity contribution in [2.45, 2.75) is 6.92 Å². The van der Waals surface area contributed by atoms with Crippen molar-refractivity contribution in [1.29, 1.82) is 0 Å². The first kappa shape index (κ1) is 12.6. The van der Waals surface area contributed by atoms with Gasteiger partial charge in [0.05, 0.1) is 10.5 Å². The van der Waals surface area contributed by atoms with Crippen LogP contribution in [-0.2, 0) is 0 Å². The molecule has 0 radical (unpaired) electrons. The number of nitro benzene ring substituents is 1. The minimum absolute atomic E-state index is 0.0321. The molecule has 0 spiro atoms. The maximum Gasteiger partial charge on any atom is 0.354 e. The second kappa shape index (κ2) is 4.81. The van der Waals surface area contributed by atoms with Gasteiger partial charge in [-0.3, -0.25) is 10.1 Å². The Balaban J connectivity index is 2.65. The third-order valence-corrected chi connectivity index (χ3v) is 2.41. The minimum Gasteiger partial charge on any atom is -0.477 e. The summed E-state index contributed by atoms with van der Waals surface area (Å²) in [5.41, 5.74) is 0.268. The Bertz CT molecular complexity index is 670. The van der Waals surface area contributed by atoms with Crippen molar-refractivity contribution in [1.82, 2.24) is 9.97 Å². The van der Waals surface area contributed by atoms with Crippen LogP contribution in [-0.4, -0.2) is 26.0 Å². The molecule has 2 rings (SSSR count). The van der Waals surface area contributed by atoms with Gasteiger partial charge in [-0.05, 0) is 19.1 Å². The Kier molecular flexibility index (Phi) is 3.19. The average molecular weight is 259 g/mol. The number of nitrogens with zero attached hydrogens (tertiary/aromatic N) is 3. The number of carboxylic acids is 1. The summed E-state index contributed by atoms with van der Waals surface area (Å²) in [7, 11) is 0. The number of aromatic carboxylic acids is 1. The van der Waals surface area contributed by atoms with Crippen LogP contribution in [0.1, 0.15) is 16.2 Å². The van der Waals surface area contributed by atoms with Gasteiger partial charge < -0.3 is 5.11 Å². The molecule has 0 aliphatic heterocycles. The molecule has 1 aromatic heterocycles. The predicted octanol–water partition coefficient (Wildman–Crippen LogP) is 2.06. The third kappa shape index (κ3) is 2.54. The van der Waals surface area contributed by atoms with Gasteiger partial charge in [0, 0.05) is 11.8 Å². The zero-order chi connectivity index (χ0) is 14.0. The Morgan fingerprint density at radius 3 is 2.63 bits per heavy atom. The fourth-order valence-electron chi connectivity index (χ4n) is 1.62. The van der Waals surface area contributed by atoms with Crippen molar-refractivity contribution in [2.24, 2.45) is 0 Å². The number of nitro groups is 1. The highest BCUT2D eigenvalue weighted by Gasteiger charge is 2.18. The molecule has 7 nitrogen and oxygen atoms in total. The number of carboxylic acid groups (broad SMARTS) is 1. The number of aryl methyl sites for hydroxylation is 1. The SMILES string of the molecule is Cc1cc(C(=O)O)nc(-c2ccccc2[N+](=O)[O-])n1. The zero-order valence-corrected chi connectivity index (χ0v) is 9.90. The third-order valence-electron chi connectivity index (χ3n) is 2.41. The molecule has 0 bridgehead atoms. The Morgan fingerprint density at radius 1 is 1.32 bits per heavy atom. The molecule has 0 amide bonds. The lowest BCUT2D eigenvalue weighted by atomic mass is 10.1. The second-order valence-electron chi connectivity index (χ2n) is 3.80. The van der Waals surface area contributed by atoms with Crippen molar-refractivity contribution in [2.75, 3.05) is 0 Å². The van der Waals surface area contributed by atoms with Gasteiger partial charge in [-0.1, -0.05) is 12.1 Å². The fraction of sp³-hybridized carbons (Fsp3) is 0.0833. The lowest BCUT2D eigenvalue weighted by molar-refractivity contribution is -0.384. The summed E-state index contributed by atoms with van der Waals surface area (Å²) in [6.07, 6.45) is 0. The first-order chi connectivity index (χ1) is 8.99. The van der Waals surface area contributed by atoms with E-state index in [1.807, 2.05) is 0 Å². The van der Waals surface area contributed by atoms with Crippen LogP contribution in [0.5, 0.6) is 0 Å². The van der Waals surface area contributed by atoms with Crippen LogP contribution in [0.2, 0.25) is 0 Å². The molecule has 0 saturated carbocycles. The summed E-state index contributed by atoms with van der Waals surface area (Å²) >= 11 is 0. The van der Waals surface area contributed by atoms with E-state index < -0.39 is 10.9 Å². The van der Waals surface area contributed by atoms with Crippen molar-refractivity contribution in [3.05, 3.63) is 51.8 Å². The molecule has 96 valence electrons. The normalized spacial score (nSPS) is 10.2. The van der Waals surface area contributed by atoms with Crippen molar-refractivity contribution in [3.8, 4) is 11.4 Å². The molecular weight excluding hydrogens is 250 g/mol. The molecule has 0 atom stereocenters. The van der Waals surface area contributed by atoms with Gasteiger partial charge in [0.15, 0.2) is 11.5 Å². The smallest absolute Gasteiger partial charge is 0.354 e. The van der Waals surface area contributed by atoms with Gasteiger partial charge in [0.1, 0.15) is 0 Å². The van der Waals surface area contributed by atoms with Crippen molar-refractivity contribution >= 4 is 11.7 Å². The first-order valence-corrected chi connectivity index (χ1v) is 5.32. The van der Waals surface area contributed by atoms with Crippen LogP contribution in [0.25, 0.3) is 11.4 Å². The molecule has 1 N–H and O–H groups in total.